The second kappa shape index (κ2) is 3.79. The summed E-state index contributed by atoms with van der Waals surface area (Å²) in [4.78, 5) is 14.5. The molecule has 0 saturated carbocycles. The minimum absolute atomic E-state index is 0.105. The van der Waals surface area contributed by atoms with Crippen molar-refractivity contribution in [2.45, 2.75) is 0 Å². The molecule has 74 valence electrons. The van der Waals surface area contributed by atoms with Crippen molar-refractivity contribution in [1.29, 1.82) is 5.53 Å². The highest BCUT2D eigenvalue weighted by Crippen LogP contribution is 2.16. The Morgan fingerprint density at radius 3 is 2.93 bits per heavy atom. The van der Waals surface area contributed by atoms with E-state index in [1.807, 2.05) is 0 Å². The number of carbonyl (C=O) groups excluding carboxylic acids is 1. The first-order chi connectivity index (χ1) is 7.35. The van der Waals surface area contributed by atoms with Gasteiger partial charge in [-0.3, -0.25) is 9.78 Å². The second-order valence-electron chi connectivity index (χ2n) is 2.79. The van der Waals surface area contributed by atoms with Crippen LogP contribution in [0.4, 0.5) is 5.82 Å². The summed E-state index contributed by atoms with van der Waals surface area (Å²) in [6.45, 7) is 0. The van der Waals surface area contributed by atoms with Crippen molar-refractivity contribution in [1.82, 2.24) is 14.8 Å². The highest BCUT2D eigenvalue weighted by atomic mass is 16.1. The Hall–Kier alpha value is -2.37. The summed E-state index contributed by atoms with van der Waals surface area (Å²) < 4.78 is 1.46. The van der Waals surface area contributed by atoms with Crippen LogP contribution in [0.5, 0.6) is 0 Å². The third kappa shape index (κ3) is 1.64. The van der Waals surface area contributed by atoms with Crippen LogP contribution < -0.4 is 0 Å². The molecule has 6 heteroatoms. The molecule has 0 radical (unpaired) electrons. The zero-order valence-corrected chi connectivity index (χ0v) is 7.66. The van der Waals surface area contributed by atoms with Crippen molar-refractivity contribution in [3.05, 3.63) is 36.3 Å². The van der Waals surface area contributed by atoms with Gasteiger partial charge in [0.1, 0.15) is 0 Å². The van der Waals surface area contributed by atoms with Gasteiger partial charge >= 0.3 is 0 Å². The quantitative estimate of drug-likeness (QED) is 0.606. The molecule has 0 aromatic carbocycles. The Kier molecular flexibility index (Phi) is 2.32. The first-order valence-electron chi connectivity index (χ1n) is 4.18. The molecule has 0 aliphatic carbocycles. The predicted molar refractivity (Wildman–Crippen MR) is 51.6 cm³/mol. The summed E-state index contributed by atoms with van der Waals surface area (Å²) in [5.41, 5.74) is 7.84. The highest BCUT2D eigenvalue weighted by Gasteiger charge is 2.07. The van der Waals surface area contributed by atoms with Gasteiger partial charge in [0.05, 0.1) is 17.4 Å². The number of hydrogen-bond donors (Lipinski definition) is 1. The molecule has 0 saturated heterocycles. The van der Waals surface area contributed by atoms with Crippen molar-refractivity contribution >= 4 is 12.1 Å². The topological polar surface area (TPSA) is 84.0 Å². The zero-order valence-electron chi connectivity index (χ0n) is 7.66. The van der Waals surface area contributed by atoms with E-state index >= 15 is 0 Å². The molecule has 1 N–H and O–H groups in total. The SMILES string of the molecule is N=Nc1nn(-c2cccnc2)cc1C=O. The van der Waals surface area contributed by atoms with E-state index < -0.39 is 0 Å². The van der Waals surface area contributed by atoms with Crippen molar-refractivity contribution in [2.24, 2.45) is 5.11 Å². The van der Waals surface area contributed by atoms with Crippen molar-refractivity contribution in [3.8, 4) is 5.69 Å². The Bertz CT molecular complexity index is 465. The van der Waals surface area contributed by atoms with Gasteiger partial charge in [0.2, 0.25) is 5.82 Å². The Morgan fingerprint density at radius 1 is 1.53 bits per heavy atom. The van der Waals surface area contributed by atoms with Crippen LogP contribution in [0.15, 0.2) is 35.8 Å². The lowest BCUT2D eigenvalue weighted by Gasteiger charge is -1.97. The first kappa shape index (κ1) is 9.20. The Labute approximate surface area is 85.1 Å². The summed E-state index contributed by atoms with van der Waals surface area (Å²) >= 11 is 0. The molecule has 0 aliphatic rings. The Morgan fingerprint density at radius 2 is 2.40 bits per heavy atom. The molecule has 0 unspecified atom stereocenters. The smallest absolute Gasteiger partial charge is 0.205 e. The summed E-state index contributed by atoms with van der Waals surface area (Å²) in [5.74, 6) is 0.105. The Balaban J connectivity index is 2.51. The molecule has 0 amide bonds. The van der Waals surface area contributed by atoms with Crippen LogP contribution in [-0.2, 0) is 0 Å². The molecule has 0 aliphatic heterocycles. The lowest BCUT2D eigenvalue weighted by molar-refractivity contribution is 0.112. The van der Waals surface area contributed by atoms with E-state index in [-0.39, 0.29) is 11.4 Å². The van der Waals surface area contributed by atoms with E-state index in [0.29, 0.717) is 6.29 Å². The maximum absolute atomic E-state index is 10.6. The summed E-state index contributed by atoms with van der Waals surface area (Å²) in [7, 11) is 0. The van der Waals surface area contributed by atoms with Gasteiger partial charge in [0.15, 0.2) is 6.29 Å². The van der Waals surface area contributed by atoms with Gasteiger partial charge in [-0.15, -0.1) is 10.2 Å². The summed E-state index contributed by atoms with van der Waals surface area (Å²) in [6.07, 6.45) is 5.38. The number of pyridine rings is 1. The van der Waals surface area contributed by atoms with E-state index in [0.717, 1.165) is 5.69 Å². The molecular weight excluding hydrogens is 194 g/mol. The molecule has 2 heterocycles. The number of carbonyl (C=O) groups is 1. The molecule has 15 heavy (non-hydrogen) atoms. The van der Waals surface area contributed by atoms with Crippen LogP contribution in [0.25, 0.3) is 5.69 Å². The fourth-order valence-electron chi connectivity index (χ4n) is 1.17. The minimum Gasteiger partial charge on any atom is -0.298 e. The third-order valence-electron chi connectivity index (χ3n) is 1.87. The molecule has 0 spiro atoms. The van der Waals surface area contributed by atoms with Gasteiger partial charge in [-0.2, -0.15) is 0 Å². The van der Waals surface area contributed by atoms with Crippen LogP contribution in [0.3, 0.4) is 0 Å². The molecule has 0 atom stereocenters. The van der Waals surface area contributed by atoms with Gasteiger partial charge in [0, 0.05) is 12.4 Å². The van der Waals surface area contributed by atoms with Crippen molar-refractivity contribution in [3.63, 3.8) is 0 Å². The number of aldehydes is 1. The third-order valence-corrected chi connectivity index (χ3v) is 1.87. The molecule has 0 bridgehead atoms. The van der Waals surface area contributed by atoms with Crippen LogP contribution in [0.1, 0.15) is 10.4 Å². The number of nitrogens with one attached hydrogen (secondary N) is 1. The summed E-state index contributed by atoms with van der Waals surface area (Å²) in [6, 6.07) is 3.55. The van der Waals surface area contributed by atoms with Crippen LogP contribution >= 0.6 is 0 Å². The van der Waals surface area contributed by atoms with E-state index in [1.165, 1.54) is 10.9 Å². The van der Waals surface area contributed by atoms with Gasteiger partial charge in [0.25, 0.3) is 0 Å². The van der Waals surface area contributed by atoms with E-state index in [9.17, 15) is 4.79 Å². The van der Waals surface area contributed by atoms with Crippen molar-refractivity contribution in [2.75, 3.05) is 0 Å². The maximum atomic E-state index is 10.6. The fraction of sp³-hybridized carbons (Fsp3) is 0. The predicted octanol–water partition coefficient (Wildman–Crippen LogP) is 1.74. The number of nitrogens with zero attached hydrogens (tertiary/aromatic N) is 4. The van der Waals surface area contributed by atoms with Crippen LogP contribution in [0.2, 0.25) is 0 Å². The average Bonchev–Trinajstić information content (AvgIpc) is 2.73. The highest BCUT2D eigenvalue weighted by molar-refractivity contribution is 5.80. The maximum Gasteiger partial charge on any atom is 0.205 e. The average molecular weight is 201 g/mol. The van der Waals surface area contributed by atoms with Gasteiger partial charge in [-0.25, -0.2) is 10.2 Å². The zero-order chi connectivity index (χ0) is 10.7. The standard InChI is InChI=1S/C9H7N5O/c10-12-9-7(6-15)5-14(13-9)8-2-1-3-11-4-8/h1-6,10H. The molecule has 2 aromatic rings. The van der Waals surface area contributed by atoms with Gasteiger partial charge < -0.3 is 0 Å². The van der Waals surface area contributed by atoms with E-state index in [4.69, 9.17) is 5.53 Å². The minimum atomic E-state index is 0.105. The van der Waals surface area contributed by atoms with Gasteiger partial charge in [-0.1, -0.05) is 0 Å². The normalized spacial score (nSPS) is 9.87. The number of rotatable bonds is 3. The van der Waals surface area contributed by atoms with Crippen molar-refractivity contribution < 1.29 is 4.79 Å². The fourth-order valence-corrected chi connectivity index (χ4v) is 1.17. The molecule has 6 nitrogen and oxygen atoms in total. The molecule has 2 aromatic heterocycles. The molecule has 0 fully saturated rings. The lowest BCUT2D eigenvalue weighted by atomic mass is 10.4. The molecular formula is C9H7N5O. The van der Waals surface area contributed by atoms with Crippen LogP contribution in [-0.4, -0.2) is 21.1 Å². The summed E-state index contributed by atoms with van der Waals surface area (Å²) in [5, 5.41) is 7.11. The van der Waals surface area contributed by atoms with E-state index in [1.54, 1.807) is 24.5 Å². The van der Waals surface area contributed by atoms with Crippen LogP contribution in [0, 0.1) is 5.53 Å². The largest absolute Gasteiger partial charge is 0.298 e. The number of hydrogen-bond acceptors (Lipinski definition) is 5. The number of aromatic nitrogens is 3. The second-order valence-corrected chi connectivity index (χ2v) is 2.79. The lowest BCUT2D eigenvalue weighted by Crippen LogP contribution is -1.93. The van der Waals surface area contributed by atoms with E-state index in [2.05, 4.69) is 15.2 Å². The molecule has 2 rings (SSSR count). The van der Waals surface area contributed by atoms with Gasteiger partial charge in [-0.05, 0) is 12.1 Å². The monoisotopic (exact) mass is 201 g/mol. The first-order valence-corrected chi connectivity index (χ1v) is 4.18.